The van der Waals surface area contributed by atoms with Crippen molar-refractivity contribution in [1.82, 2.24) is 14.8 Å². The molecule has 1 amide bonds. The van der Waals surface area contributed by atoms with Gasteiger partial charge in [0.1, 0.15) is 0 Å². The molecule has 0 radical (unpaired) electrons. The summed E-state index contributed by atoms with van der Waals surface area (Å²) in [6.07, 6.45) is 3.25. The fraction of sp³-hybridized carbons (Fsp3) is 0.235. The van der Waals surface area contributed by atoms with E-state index in [-0.39, 0.29) is 5.91 Å². The topological polar surface area (TPSA) is 59.8 Å². The number of thiazole rings is 1. The SMILES string of the molecule is CC(C)c1csc(NC(=O)c2cnn(Cc3ccccc3Cl)c2)n1. The van der Waals surface area contributed by atoms with Gasteiger partial charge in [0.25, 0.3) is 5.91 Å². The Hall–Kier alpha value is -2.18. The van der Waals surface area contributed by atoms with Gasteiger partial charge in [0, 0.05) is 16.6 Å². The molecule has 0 saturated carbocycles. The van der Waals surface area contributed by atoms with Gasteiger partial charge in [-0.15, -0.1) is 11.3 Å². The fourth-order valence-corrected chi connectivity index (χ4v) is 3.21. The summed E-state index contributed by atoms with van der Waals surface area (Å²) in [7, 11) is 0. The number of rotatable bonds is 5. The number of nitrogens with zero attached hydrogens (tertiary/aromatic N) is 3. The second-order valence-electron chi connectivity index (χ2n) is 5.70. The van der Waals surface area contributed by atoms with Crippen molar-refractivity contribution in [3.63, 3.8) is 0 Å². The first kappa shape index (κ1) is 16.7. The molecule has 0 saturated heterocycles. The van der Waals surface area contributed by atoms with Crippen LogP contribution in [0, 0.1) is 0 Å². The van der Waals surface area contributed by atoms with Gasteiger partial charge in [0.15, 0.2) is 5.13 Å². The molecule has 124 valence electrons. The van der Waals surface area contributed by atoms with Gasteiger partial charge < -0.3 is 0 Å². The highest BCUT2D eigenvalue weighted by molar-refractivity contribution is 7.14. The smallest absolute Gasteiger partial charge is 0.260 e. The summed E-state index contributed by atoms with van der Waals surface area (Å²) in [5, 5.41) is 10.3. The maximum Gasteiger partial charge on any atom is 0.260 e. The highest BCUT2D eigenvalue weighted by atomic mass is 35.5. The van der Waals surface area contributed by atoms with E-state index in [4.69, 9.17) is 11.6 Å². The van der Waals surface area contributed by atoms with Crippen LogP contribution in [0.25, 0.3) is 0 Å². The lowest BCUT2D eigenvalue weighted by Gasteiger charge is -2.03. The summed E-state index contributed by atoms with van der Waals surface area (Å²) in [4.78, 5) is 16.7. The highest BCUT2D eigenvalue weighted by Crippen LogP contribution is 2.22. The van der Waals surface area contributed by atoms with Crippen LogP contribution in [0.3, 0.4) is 0 Å². The number of anilines is 1. The Labute approximate surface area is 149 Å². The van der Waals surface area contributed by atoms with Crippen molar-refractivity contribution in [3.05, 3.63) is 63.9 Å². The first-order valence-corrected chi connectivity index (χ1v) is 8.81. The number of benzene rings is 1. The Morgan fingerprint density at radius 2 is 2.17 bits per heavy atom. The summed E-state index contributed by atoms with van der Waals surface area (Å²) >= 11 is 7.58. The molecule has 3 aromatic rings. The summed E-state index contributed by atoms with van der Waals surface area (Å²) < 4.78 is 1.69. The Morgan fingerprint density at radius 3 is 2.88 bits per heavy atom. The van der Waals surface area contributed by atoms with E-state index in [0.29, 0.717) is 28.2 Å². The predicted molar refractivity (Wildman–Crippen MR) is 96.9 cm³/mol. The molecule has 2 heterocycles. The summed E-state index contributed by atoms with van der Waals surface area (Å²) in [5.74, 6) is 0.121. The molecule has 1 N–H and O–H groups in total. The minimum absolute atomic E-state index is 0.218. The molecular formula is C17H17ClN4OS. The third-order valence-corrected chi connectivity index (χ3v) is 4.66. The van der Waals surface area contributed by atoms with E-state index >= 15 is 0 Å². The minimum atomic E-state index is -0.218. The molecule has 24 heavy (non-hydrogen) atoms. The molecule has 0 fully saturated rings. The van der Waals surface area contributed by atoms with E-state index in [1.165, 1.54) is 11.3 Å². The van der Waals surface area contributed by atoms with Gasteiger partial charge in [-0.25, -0.2) is 4.98 Å². The first-order valence-electron chi connectivity index (χ1n) is 7.55. The highest BCUT2D eigenvalue weighted by Gasteiger charge is 2.13. The van der Waals surface area contributed by atoms with Gasteiger partial charge in [-0.3, -0.25) is 14.8 Å². The van der Waals surface area contributed by atoms with E-state index in [2.05, 4.69) is 29.2 Å². The third-order valence-electron chi connectivity index (χ3n) is 3.52. The van der Waals surface area contributed by atoms with Crippen molar-refractivity contribution in [2.45, 2.75) is 26.3 Å². The normalized spacial score (nSPS) is 11.0. The molecular weight excluding hydrogens is 344 g/mol. The van der Waals surface area contributed by atoms with Crippen LogP contribution in [0.15, 0.2) is 42.0 Å². The maximum atomic E-state index is 12.3. The Morgan fingerprint density at radius 1 is 1.38 bits per heavy atom. The average molecular weight is 361 g/mol. The van der Waals surface area contributed by atoms with Gasteiger partial charge in [-0.2, -0.15) is 5.10 Å². The number of halogens is 1. The molecule has 0 aliphatic rings. The van der Waals surface area contributed by atoms with Crippen LogP contribution in [-0.2, 0) is 6.54 Å². The van der Waals surface area contributed by atoms with Gasteiger partial charge in [-0.05, 0) is 17.5 Å². The molecule has 3 rings (SSSR count). The van der Waals surface area contributed by atoms with Crippen molar-refractivity contribution in [2.24, 2.45) is 0 Å². The van der Waals surface area contributed by atoms with Crippen LogP contribution >= 0.6 is 22.9 Å². The van der Waals surface area contributed by atoms with Crippen molar-refractivity contribution < 1.29 is 4.79 Å². The molecule has 0 unspecified atom stereocenters. The number of aromatic nitrogens is 3. The van der Waals surface area contributed by atoms with E-state index in [1.54, 1.807) is 17.1 Å². The second-order valence-corrected chi connectivity index (χ2v) is 6.97. The zero-order valence-corrected chi connectivity index (χ0v) is 14.9. The summed E-state index contributed by atoms with van der Waals surface area (Å²) in [5.41, 5.74) is 2.42. The Bertz CT molecular complexity index is 856. The Kier molecular flexibility index (Phi) is 4.97. The molecule has 2 aromatic heterocycles. The van der Waals surface area contributed by atoms with Crippen molar-refractivity contribution >= 4 is 34.0 Å². The molecule has 0 bridgehead atoms. The van der Waals surface area contributed by atoms with Crippen molar-refractivity contribution in [2.75, 3.05) is 5.32 Å². The average Bonchev–Trinajstić information content (AvgIpc) is 3.19. The zero-order chi connectivity index (χ0) is 17.1. The van der Waals surface area contributed by atoms with Gasteiger partial charge >= 0.3 is 0 Å². The monoisotopic (exact) mass is 360 g/mol. The van der Waals surface area contributed by atoms with E-state index in [1.807, 2.05) is 29.6 Å². The lowest BCUT2D eigenvalue weighted by atomic mass is 10.2. The molecule has 0 aliphatic heterocycles. The number of carbonyl (C=O) groups excluding carboxylic acids is 1. The van der Waals surface area contributed by atoms with E-state index in [0.717, 1.165) is 11.3 Å². The second kappa shape index (κ2) is 7.15. The van der Waals surface area contributed by atoms with Crippen molar-refractivity contribution in [3.8, 4) is 0 Å². The number of nitrogens with one attached hydrogen (secondary N) is 1. The van der Waals surface area contributed by atoms with Crippen molar-refractivity contribution in [1.29, 1.82) is 0 Å². The zero-order valence-electron chi connectivity index (χ0n) is 13.4. The lowest BCUT2D eigenvalue weighted by Crippen LogP contribution is -2.11. The van der Waals surface area contributed by atoms with Crippen LogP contribution < -0.4 is 5.32 Å². The van der Waals surface area contributed by atoms with Gasteiger partial charge in [-0.1, -0.05) is 43.6 Å². The number of hydrogen-bond donors (Lipinski definition) is 1. The van der Waals surface area contributed by atoms with Gasteiger partial charge in [0.05, 0.1) is 24.0 Å². The van der Waals surface area contributed by atoms with Crippen LogP contribution in [0.2, 0.25) is 5.02 Å². The van der Waals surface area contributed by atoms with Gasteiger partial charge in [0.2, 0.25) is 0 Å². The molecule has 0 aliphatic carbocycles. The maximum absolute atomic E-state index is 12.3. The Balaban J connectivity index is 1.68. The lowest BCUT2D eigenvalue weighted by molar-refractivity contribution is 0.102. The summed E-state index contributed by atoms with van der Waals surface area (Å²) in [6, 6.07) is 7.58. The van der Waals surface area contributed by atoms with Crippen LogP contribution in [0.5, 0.6) is 0 Å². The molecule has 0 atom stereocenters. The van der Waals surface area contributed by atoms with Crippen LogP contribution in [0.1, 0.15) is 41.4 Å². The quantitative estimate of drug-likeness (QED) is 0.732. The summed E-state index contributed by atoms with van der Waals surface area (Å²) in [6.45, 7) is 4.65. The molecule has 0 spiro atoms. The number of hydrogen-bond acceptors (Lipinski definition) is 4. The third kappa shape index (κ3) is 3.83. The van der Waals surface area contributed by atoms with E-state index in [9.17, 15) is 4.79 Å². The van der Waals surface area contributed by atoms with E-state index < -0.39 is 0 Å². The molecule has 5 nitrogen and oxygen atoms in total. The largest absolute Gasteiger partial charge is 0.298 e. The molecule has 7 heteroatoms. The van der Waals surface area contributed by atoms with Crippen LogP contribution in [0.4, 0.5) is 5.13 Å². The number of carbonyl (C=O) groups is 1. The molecule has 1 aromatic carbocycles. The predicted octanol–water partition coefficient (Wildman–Crippen LogP) is 4.42. The fourth-order valence-electron chi connectivity index (χ4n) is 2.15. The van der Waals surface area contributed by atoms with Crippen LogP contribution in [-0.4, -0.2) is 20.7 Å². The number of amides is 1. The first-order chi connectivity index (χ1) is 11.5. The standard InChI is InChI=1S/C17H17ClN4OS/c1-11(2)15-10-24-17(20-15)21-16(23)13-7-19-22(9-13)8-12-5-3-4-6-14(12)18/h3-7,9-11H,8H2,1-2H3,(H,20,21,23). The minimum Gasteiger partial charge on any atom is -0.298 e.